The smallest absolute Gasteiger partial charge is 0.105 e. The Labute approximate surface area is 97.6 Å². The van der Waals surface area contributed by atoms with E-state index in [1.807, 2.05) is 12.1 Å². The lowest BCUT2D eigenvalue weighted by molar-refractivity contribution is 0.348. The molecule has 0 aliphatic carbocycles. The molecule has 1 aliphatic heterocycles. The average Bonchev–Trinajstić information content (AvgIpc) is 2.83. The number of hydrogen-bond donors (Lipinski definition) is 2. The molecule has 0 unspecified atom stereocenters. The number of piperidine rings is 1. The molecule has 2 N–H and O–H groups in total. The van der Waals surface area contributed by atoms with Crippen molar-refractivity contribution >= 4 is 0 Å². The van der Waals surface area contributed by atoms with Crippen molar-refractivity contribution in [1.29, 1.82) is 0 Å². The van der Waals surface area contributed by atoms with Crippen LogP contribution in [0.1, 0.15) is 25.0 Å². The van der Waals surface area contributed by atoms with Crippen molar-refractivity contribution in [2.24, 2.45) is 5.92 Å². The van der Waals surface area contributed by atoms with Crippen LogP contribution >= 0.6 is 0 Å². The Balaban J connectivity index is 1.48. The summed E-state index contributed by atoms with van der Waals surface area (Å²) in [6, 6.07) is 3.98. The highest BCUT2D eigenvalue weighted by molar-refractivity contribution is 4.98. The Morgan fingerprint density at radius 3 is 2.94 bits per heavy atom. The largest absolute Gasteiger partial charge is 0.469 e. The monoisotopic (exact) mass is 222 g/mol. The molecule has 0 spiro atoms. The first-order valence-corrected chi connectivity index (χ1v) is 6.39. The van der Waals surface area contributed by atoms with Crippen LogP contribution in [0, 0.1) is 5.92 Å². The number of hydrogen-bond acceptors (Lipinski definition) is 3. The highest BCUT2D eigenvalue weighted by atomic mass is 16.3. The number of nitrogens with one attached hydrogen (secondary N) is 2. The van der Waals surface area contributed by atoms with Gasteiger partial charge in [-0.25, -0.2) is 0 Å². The van der Waals surface area contributed by atoms with Crippen molar-refractivity contribution in [3.63, 3.8) is 0 Å². The standard InChI is InChI=1S/C13H22N2O/c1-2-13(16-11-1)6-10-15-9-5-12-3-7-14-8-4-12/h1-2,11-12,14-15H,3-10H2. The first-order chi connectivity index (χ1) is 7.95. The molecular weight excluding hydrogens is 200 g/mol. The van der Waals surface area contributed by atoms with Crippen LogP contribution in [-0.2, 0) is 6.42 Å². The minimum absolute atomic E-state index is 0.928. The molecule has 1 fully saturated rings. The molecule has 0 amide bonds. The van der Waals surface area contributed by atoms with Gasteiger partial charge in [0.2, 0.25) is 0 Å². The fourth-order valence-corrected chi connectivity index (χ4v) is 2.27. The second kappa shape index (κ2) is 6.71. The van der Waals surface area contributed by atoms with Crippen molar-refractivity contribution in [2.45, 2.75) is 25.7 Å². The zero-order valence-corrected chi connectivity index (χ0v) is 9.87. The lowest BCUT2D eigenvalue weighted by Gasteiger charge is -2.22. The van der Waals surface area contributed by atoms with Gasteiger partial charge < -0.3 is 15.1 Å². The summed E-state index contributed by atoms with van der Waals surface area (Å²) in [6.45, 7) is 4.58. The second-order valence-electron chi connectivity index (χ2n) is 4.56. The predicted molar refractivity (Wildman–Crippen MR) is 65.5 cm³/mol. The van der Waals surface area contributed by atoms with Gasteiger partial charge in [0.15, 0.2) is 0 Å². The zero-order chi connectivity index (χ0) is 11.1. The SMILES string of the molecule is c1coc(CCNCCC2CCNCC2)c1. The number of rotatable bonds is 6. The average molecular weight is 222 g/mol. The normalized spacial score (nSPS) is 17.8. The Bertz CT molecular complexity index is 265. The summed E-state index contributed by atoms with van der Waals surface area (Å²) in [5, 5.41) is 6.89. The zero-order valence-electron chi connectivity index (χ0n) is 9.87. The second-order valence-corrected chi connectivity index (χ2v) is 4.56. The minimum atomic E-state index is 0.928. The number of furan rings is 1. The molecule has 3 nitrogen and oxygen atoms in total. The van der Waals surface area contributed by atoms with Gasteiger partial charge in [0.1, 0.15) is 5.76 Å². The molecule has 1 aromatic heterocycles. The van der Waals surface area contributed by atoms with Gasteiger partial charge in [-0.3, -0.25) is 0 Å². The van der Waals surface area contributed by atoms with Gasteiger partial charge in [-0.2, -0.15) is 0 Å². The lowest BCUT2D eigenvalue weighted by Crippen LogP contribution is -2.30. The molecule has 0 aromatic carbocycles. The maximum absolute atomic E-state index is 5.28. The molecule has 90 valence electrons. The molecular formula is C13H22N2O. The van der Waals surface area contributed by atoms with Gasteiger partial charge in [-0.15, -0.1) is 0 Å². The molecule has 16 heavy (non-hydrogen) atoms. The highest BCUT2D eigenvalue weighted by Gasteiger charge is 2.11. The maximum atomic E-state index is 5.28. The van der Waals surface area contributed by atoms with Crippen LogP contribution in [-0.4, -0.2) is 26.2 Å². The van der Waals surface area contributed by atoms with Crippen molar-refractivity contribution in [2.75, 3.05) is 26.2 Å². The molecule has 2 rings (SSSR count). The molecule has 1 saturated heterocycles. The fourth-order valence-electron chi connectivity index (χ4n) is 2.27. The minimum Gasteiger partial charge on any atom is -0.469 e. The molecule has 0 radical (unpaired) electrons. The van der Waals surface area contributed by atoms with E-state index in [4.69, 9.17) is 4.42 Å². The molecule has 2 heterocycles. The molecule has 0 bridgehead atoms. The molecule has 0 saturated carbocycles. The van der Waals surface area contributed by atoms with Gasteiger partial charge in [0.05, 0.1) is 6.26 Å². The van der Waals surface area contributed by atoms with E-state index in [1.54, 1.807) is 6.26 Å². The Hall–Kier alpha value is -0.800. The van der Waals surface area contributed by atoms with E-state index in [0.717, 1.165) is 31.2 Å². The maximum Gasteiger partial charge on any atom is 0.105 e. The molecule has 3 heteroatoms. The van der Waals surface area contributed by atoms with Crippen LogP contribution in [0.15, 0.2) is 22.8 Å². The van der Waals surface area contributed by atoms with Crippen LogP contribution in [0.2, 0.25) is 0 Å². The summed E-state index contributed by atoms with van der Waals surface area (Å²) >= 11 is 0. The van der Waals surface area contributed by atoms with Gasteiger partial charge in [0.25, 0.3) is 0 Å². The van der Waals surface area contributed by atoms with E-state index in [2.05, 4.69) is 10.6 Å². The Kier molecular flexibility index (Phi) is 4.90. The molecule has 1 aliphatic rings. The quantitative estimate of drug-likeness (QED) is 0.721. The first kappa shape index (κ1) is 11.7. The van der Waals surface area contributed by atoms with Crippen LogP contribution in [0.3, 0.4) is 0 Å². The van der Waals surface area contributed by atoms with E-state index >= 15 is 0 Å². The summed E-state index contributed by atoms with van der Waals surface area (Å²) in [4.78, 5) is 0. The molecule has 1 aromatic rings. The topological polar surface area (TPSA) is 37.2 Å². The van der Waals surface area contributed by atoms with Crippen molar-refractivity contribution in [3.8, 4) is 0 Å². The fraction of sp³-hybridized carbons (Fsp3) is 0.692. The Morgan fingerprint density at radius 2 is 2.19 bits per heavy atom. The van der Waals surface area contributed by atoms with Crippen molar-refractivity contribution < 1.29 is 4.42 Å². The van der Waals surface area contributed by atoms with Crippen LogP contribution in [0.4, 0.5) is 0 Å². The van der Waals surface area contributed by atoms with E-state index in [0.29, 0.717) is 0 Å². The van der Waals surface area contributed by atoms with Gasteiger partial charge in [-0.05, 0) is 56.9 Å². The third-order valence-electron chi connectivity index (χ3n) is 3.32. The van der Waals surface area contributed by atoms with E-state index < -0.39 is 0 Å². The third-order valence-corrected chi connectivity index (χ3v) is 3.32. The van der Waals surface area contributed by atoms with E-state index in [-0.39, 0.29) is 0 Å². The third kappa shape index (κ3) is 3.99. The highest BCUT2D eigenvalue weighted by Crippen LogP contribution is 2.14. The lowest BCUT2D eigenvalue weighted by atomic mass is 9.95. The Morgan fingerprint density at radius 1 is 1.31 bits per heavy atom. The summed E-state index contributed by atoms with van der Waals surface area (Å²) in [5.41, 5.74) is 0. The summed E-state index contributed by atoms with van der Waals surface area (Å²) < 4.78 is 5.28. The van der Waals surface area contributed by atoms with Gasteiger partial charge >= 0.3 is 0 Å². The van der Waals surface area contributed by atoms with E-state index in [1.165, 1.54) is 32.4 Å². The van der Waals surface area contributed by atoms with Crippen LogP contribution in [0.5, 0.6) is 0 Å². The summed E-state index contributed by atoms with van der Waals surface area (Å²) in [5.74, 6) is 2.01. The van der Waals surface area contributed by atoms with Gasteiger partial charge in [-0.1, -0.05) is 0 Å². The van der Waals surface area contributed by atoms with Gasteiger partial charge in [0, 0.05) is 13.0 Å². The van der Waals surface area contributed by atoms with Crippen LogP contribution < -0.4 is 10.6 Å². The van der Waals surface area contributed by atoms with E-state index in [9.17, 15) is 0 Å². The van der Waals surface area contributed by atoms with Crippen molar-refractivity contribution in [1.82, 2.24) is 10.6 Å². The molecule has 0 atom stereocenters. The summed E-state index contributed by atoms with van der Waals surface area (Å²) in [7, 11) is 0. The van der Waals surface area contributed by atoms with Crippen molar-refractivity contribution in [3.05, 3.63) is 24.2 Å². The predicted octanol–water partition coefficient (Wildman–Crippen LogP) is 1.80. The van der Waals surface area contributed by atoms with Crippen LogP contribution in [0.25, 0.3) is 0 Å². The summed E-state index contributed by atoms with van der Waals surface area (Å²) in [6.07, 6.45) is 6.75. The first-order valence-electron chi connectivity index (χ1n) is 6.39.